The van der Waals surface area contributed by atoms with E-state index in [2.05, 4.69) is 15.9 Å². The number of carbonyl (C=O) groups excluding carboxylic acids is 2. The zero-order chi connectivity index (χ0) is 21.2. The Hall–Kier alpha value is -1.41. The second-order valence-corrected chi connectivity index (χ2v) is 10.9. The number of benzene rings is 1. The molecule has 1 aromatic carbocycles. The number of rotatable bonds is 9. The highest BCUT2D eigenvalue weighted by molar-refractivity contribution is 9.10. The molecular formula is C21H29BrN2O4S. The molecule has 0 radical (unpaired) electrons. The quantitative estimate of drug-likeness (QED) is 0.536. The van der Waals surface area contributed by atoms with Crippen LogP contribution in [-0.4, -0.2) is 50.5 Å². The molecule has 0 atom stereocenters. The van der Waals surface area contributed by atoms with Gasteiger partial charge in [-0.05, 0) is 49.8 Å². The van der Waals surface area contributed by atoms with E-state index in [0.717, 1.165) is 31.2 Å². The molecular weight excluding hydrogens is 456 g/mol. The largest absolute Gasteiger partial charge is 0.343 e. The number of carbonyl (C=O) groups is 2. The van der Waals surface area contributed by atoms with Crippen molar-refractivity contribution in [2.24, 2.45) is 5.92 Å². The highest BCUT2D eigenvalue weighted by Crippen LogP contribution is 2.41. The summed E-state index contributed by atoms with van der Waals surface area (Å²) in [7, 11) is -3.71. The van der Waals surface area contributed by atoms with Gasteiger partial charge in [0.2, 0.25) is 11.8 Å². The number of fused-ring (bicyclic) bond motifs is 1. The Kier molecular flexibility index (Phi) is 7.04. The Morgan fingerprint density at radius 1 is 1.17 bits per heavy atom. The van der Waals surface area contributed by atoms with Crippen LogP contribution in [-0.2, 0) is 25.8 Å². The number of anilines is 1. The third-order valence-corrected chi connectivity index (χ3v) is 7.63. The van der Waals surface area contributed by atoms with E-state index in [4.69, 9.17) is 0 Å². The molecule has 2 aliphatic rings. The molecule has 1 aliphatic carbocycles. The van der Waals surface area contributed by atoms with Gasteiger partial charge in [-0.2, -0.15) is 0 Å². The van der Waals surface area contributed by atoms with Crippen molar-refractivity contribution in [3.8, 4) is 0 Å². The molecule has 29 heavy (non-hydrogen) atoms. The van der Waals surface area contributed by atoms with Crippen molar-refractivity contribution in [2.45, 2.75) is 57.3 Å². The predicted molar refractivity (Wildman–Crippen MR) is 117 cm³/mol. The molecule has 1 aromatic rings. The van der Waals surface area contributed by atoms with Crippen LogP contribution < -0.4 is 4.90 Å². The van der Waals surface area contributed by atoms with Gasteiger partial charge in [0.05, 0.1) is 16.3 Å². The minimum Gasteiger partial charge on any atom is -0.343 e. The maximum absolute atomic E-state index is 13.2. The average Bonchev–Trinajstić information content (AvgIpc) is 3.44. The Bertz CT molecular complexity index is 890. The van der Waals surface area contributed by atoms with Gasteiger partial charge < -0.3 is 9.80 Å². The monoisotopic (exact) mass is 484 g/mol. The van der Waals surface area contributed by atoms with Crippen molar-refractivity contribution < 1.29 is 18.0 Å². The van der Waals surface area contributed by atoms with Crippen LogP contribution in [0.1, 0.15) is 51.5 Å². The van der Waals surface area contributed by atoms with Gasteiger partial charge in [0.15, 0.2) is 9.84 Å². The van der Waals surface area contributed by atoms with Gasteiger partial charge in [0.25, 0.3) is 0 Å². The summed E-state index contributed by atoms with van der Waals surface area (Å²) in [6, 6.07) is 3.47. The lowest BCUT2D eigenvalue weighted by Gasteiger charge is -2.22. The summed E-state index contributed by atoms with van der Waals surface area (Å²) in [5.74, 6) is -0.326. The van der Waals surface area contributed by atoms with Crippen molar-refractivity contribution in [1.29, 1.82) is 0 Å². The molecule has 1 saturated carbocycles. The van der Waals surface area contributed by atoms with Crippen molar-refractivity contribution in [3.05, 3.63) is 22.2 Å². The van der Waals surface area contributed by atoms with E-state index in [1.165, 1.54) is 0 Å². The smallest absolute Gasteiger partial charge is 0.230 e. The van der Waals surface area contributed by atoms with Gasteiger partial charge in [0.1, 0.15) is 0 Å². The minimum atomic E-state index is -3.71. The van der Waals surface area contributed by atoms with Crippen LogP contribution in [0.3, 0.4) is 0 Å². The van der Waals surface area contributed by atoms with Gasteiger partial charge in [-0.1, -0.05) is 29.8 Å². The molecule has 1 aliphatic heterocycles. The first kappa shape index (κ1) is 22.3. The van der Waals surface area contributed by atoms with E-state index in [9.17, 15) is 18.0 Å². The molecule has 2 amide bonds. The molecule has 1 fully saturated rings. The molecule has 8 heteroatoms. The third kappa shape index (κ3) is 5.02. The lowest BCUT2D eigenvalue weighted by atomic mass is 10.2. The number of hydrogen-bond acceptors (Lipinski definition) is 4. The van der Waals surface area contributed by atoms with Crippen molar-refractivity contribution in [1.82, 2.24) is 4.90 Å². The lowest BCUT2D eigenvalue weighted by molar-refractivity contribution is -0.130. The highest BCUT2D eigenvalue weighted by atomic mass is 79.9. The summed E-state index contributed by atoms with van der Waals surface area (Å²) in [5, 5.41) is 0. The van der Waals surface area contributed by atoms with Crippen molar-refractivity contribution >= 4 is 43.3 Å². The van der Waals surface area contributed by atoms with Gasteiger partial charge in [0, 0.05) is 36.4 Å². The Balaban J connectivity index is 1.84. The van der Waals surface area contributed by atoms with Crippen molar-refractivity contribution in [2.75, 3.05) is 30.3 Å². The molecule has 0 N–H and O–H groups in total. The van der Waals surface area contributed by atoms with E-state index >= 15 is 0 Å². The summed E-state index contributed by atoms with van der Waals surface area (Å²) < 4.78 is 27.1. The maximum Gasteiger partial charge on any atom is 0.230 e. The van der Waals surface area contributed by atoms with Crippen LogP contribution in [0, 0.1) is 5.92 Å². The van der Waals surface area contributed by atoms with Gasteiger partial charge in [-0.25, -0.2) is 8.42 Å². The molecule has 3 rings (SSSR count). The standard InChI is InChI=1S/C21H29BrN2O4S/c1-3-9-23(10-4-2)19(25)8-12-29(27,28)18-14-17(22)13-16-7-11-24(20(16)18)21(26)15-5-6-15/h13-15H,3-12H2,1-2H3. The van der Waals surface area contributed by atoms with Crippen LogP contribution in [0.25, 0.3) is 0 Å². The number of nitrogens with zero attached hydrogens (tertiary/aromatic N) is 2. The van der Waals surface area contributed by atoms with Crippen LogP contribution in [0.15, 0.2) is 21.5 Å². The molecule has 0 aromatic heterocycles. The Morgan fingerprint density at radius 2 is 1.83 bits per heavy atom. The van der Waals surface area contributed by atoms with E-state index in [1.54, 1.807) is 15.9 Å². The molecule has 160 valence electrons. The van der Waals surface area contributed by atoms with Crippen LogP contribution in [0.4, 0.5) is 5.69 Å². The normalized spacial score (nSPS) is 16.0. The van der Waals surface area contributed by atoms with Crippen LogP contribution in [0.5, 0.6) is 0 Å². The summed E-state index contributed by atoms with van der Waals surface area (Å²) in [6.07, 6.45) is 4.05. The zero-order valence-corrected chi connectivity index (χ0v) is 19.5. The second-order valence-electron chi connectivity index (χ2n) is 7.88. The van der Waals surface area contributed by atoms with Crippen LogP contribution in [0.2, 0.25) is 0 Å². The van der Waals surface area contributed by atoms with E-state index < -0.39 is 9.84 Å². The van der Waals surface area contributed by atoms with E-state index in [0.29, 0.717) is 36.2 Å². The van der Waals surface area contributed by atoms with E-state index in [1.807, 2.05) is 19.9 Å². The SMILES string of the molecule is CCCN(CCC)C(=O)CCS(=O)(=O)c1cc(Br)cc2c1N(C(=O)C1CC1)CC2. The Morgan fingerprint density at radius 3 is 2.41 bits per heavy atom. The van der Waals surface area contributed by atoms with Gasteiger partial charge in [-0.15, -0.1) is 0 Å². The molecule has 0 bridgehead atoms. The highest BCUT2D eigenvalue weighted by Gasteiger charge is 2.39. The molecule has 0 spiro atoms. The minimum absolute atomic E-state index is 0.0238. The number of hydrogen-bond donors (Lipinski definition) is 0. The average molecular weight is 485 g/mol. The topological polar surface area (TPSA) is 74.8 Å². The van der Waals surface area contributed by atoms with Crippen LogP contribution >= 0.6 is 15.9 Å². The molecule has 0 unspecified atom stereocenters. The van der Waals surface area contributed by atoms with E-state index in [-0.39, 0.29) is 34.8 Å². The summed E-state index contributed by atoms with van der Waals surface area (Å²) in [4.78, 5) is 28.8. The number of sulfone groups is 1. The third-order valence-electron chi connectivity index (χ3n) is 5.45. The maximum atomic E-state index is 13.2. The van der Waals surface area contributed by atoms with Gasteiger partial charge in [-0.3, -0.25) is 9.59 Å². The predicted octanol–water partition coefficient (Wildman–Crippen LogP) is 3.56. The fraction of sp³-hybridized carbons (Fsp3) is 0.619. The van der Waals surface area contributed by atoms with Crippen molar-refractivity contribution in [3.63, 3.8) is 0 Å². The fourth-order valence-electron chi connectivity index (χ4n) is 3.87. The number of amides is 2. The second kappa shape index (κ2) is 9.16. The zero-order valence-electron chi connectivity index (χ0n) is 17.1. The Labute approximate surface area is 181 Å². The molecule has 1 heterocycles. The first-order valence-electron chi connectivity index (χ1n) is 10.4. The molecule has 6 nitrogen and oxygen atoms in total. The lowest BCUT2D eigenvalue weighted by Crippen LogP contribution is -2.34. The first-order valence-corrected chi connectivity index (χ1v) is 12.9. The van der Waals surface area contributed by atoms with Gasteiger partial charge >= 0.3 is 0 Å². The molecule has 0 saturated heterocycles. The first-order chi connectivity index (χ1) is 13.8. The fourth-order valence-corrected chi connectivity index (χ4v) is 6.03. The summed E-state index contributed by atoms with van der Waals surface area (Å²) in [6.45, 7) is 5.81. The summed E-state index contributed by atoms with van der Waals surface area (Å²) in [5.41, 5.74) is 1.40. The number of halogens is 1. The summed E-state index contributed by atoms with van der Waals surface area (Å²) >= 11 is 3.41.